The van der Waals surface area contributed by atoms with Crippen molar-refractivity contribution in [2.24, 2.45) is 17.3 Å². The van der Waals surface area contributed by atoms with Crippen LogP contribution in [0.4, 0.5) is 16.0 Å². The molecule has 3 aromatic rings. The third-order valence-electron chi connectivity index (χ3n) is 7.35. The van der Waals surface area contributed by atoms with E-state index in [4.69, 9.17) is 0 Å². The van der Waals surface area contributed by atoms with Gasteiger partial charge in [0, 0.05) is 18.1 Å². The van der Waals surface area contributed by atoms with Gasteiger partial charge in [0.15, 0.2) is 0 Å². The Labute approximate surface area is 213 Å². The molecule has 36 heavy (non-hydrogen) atoms. The standard InChI is InChI=1S/C27H31FN4O3S/c1-15-10-17(12-18(11-15)31-25-29-9-7-20(32-25)22(28)16-4-5-16)21-13-30-24(36-21)27(35)8-6-19(23(33)34)26(2,3)14-27/h7,9-13,16,19,22,35H,4-6,8,14H2,1-3H3,(H,33,34)(H,29,31,32)/t19?,22-,27-/m1/s1. The third-order valence-corrected chi connectivity index (χ3v) is 8.59. The lowest BCUT2D eigenvalue weighted by molar-refractivity contribution is -0.154. The Morgan fingerprint density at radius 3 is 2.69 bits per heavy atom. The highest BCUT2D eigenvalue weighted by atomic mass is 32.1. The summed E-state index contributed by atoms with van der Waals surface area (Å²) in [5.41, 5.74) is 1.44. The van der Waals surface area contributed by atoms with Crippen molar-refractivity contribution in [2.75, 3.05) is 5.32 Å². The predicted octanol–water partition coefficient (Wildman–Crippen LogP) is 6.17. The number of carboxylic acid groups (broad SMARTS) is 1. The first-order valence-corrected chi connectivity index (χ1v) is 13.1. The molecule has 1 aromatic carbocycles. The molecule has 2 fully saturated rings. The topological polar surface area (TPSA) is 108 Å². The molecular formula is C27H31FN4O3S. The molecule has 0 aliphatic heterocycles. The molecule has 2 heterocycles. The summed E-state index contributed by atoms with van der Waals surface area (Å²) in [4.78, 5) is 25.8. The number of thiazole rings is 1. The van der Waals surface area contributed by atoms with Gasteiger partial charge >= 0.3 is 5.97 Å². The van der Waals surface area contributed by atoms with Crippen molar-refractivity contribution < 1.29 is 19.4 Å². The smallest absolute Gasteiger partial charge is 0.307 e. The van der Waals surface area contributed by atoms with Crippen LogP contribution in [0.5, 0.6) is 0 Å². The zero-order chi connectivity index (χ0) is 25.7. The fourth-order valence-corrected chi connectivity index (χ4v) is 6.36. The van der Waals surface area contributed by atoms with Crippen LogP contribution in [0.3, 0.4) is 0 Å². The molecular weight excluding hydrogens is 479 g/mol. The van der Waals surface area contributed by atoms with E-state index in [2.05, 4.69) is 20.3 Å². The second kappa shape index (κ2) is 9.19. The van der Waals surface area contributed by atoms with Crippen LogP contribution in [0.25, 0.3) is 10.4 Å². The van der Waals surface area contributed by atoms with Gasteiger partial charge in [-0.15, -0.1) is 11.3 Å². The Bertz CT molecular complexity index is 1290. The zero-order valence-corrected chi connectivity index (χ0v) is 21.5. The lowest BCUT2D eigenvalue weighted by Crippen LogP contribution is -2.44. The minimum absolute atomic E-state index is 0.0680. The van der Waals surface area contributed by atoms with Gasteiger partial charge in [-0.05, 0) is 79.7 Å². The van der Waals surface area contributed by atoms with E-state index in [1.165, 1.54) is 11.3 Å². The average molecular weight is 511 g/mol. The molecule has 190 valence electrons. The number of carbonyl (C=O) groups is 1. The monoisotopic (exact) mass is 510 g/mol. The van der Waals surface area contributed by atoms with Crippen molar-refractivity contribution in [1.29, 1.82) is 0 Å². The molecule has 2 aliphatic rings. The molecule has 0 amide bonds. The van der Waals surface area contributed by atoms with Crippen LogP contribution in [0.15, 0.2) is 36.7 Å². The summed E-state index contributed by atoms with van der Waals surface area (Å²) in [5.74, 6) is -0.881. The number of aliphatic carboxylic acids is 1. The maximum absolute atomic E-state index is 14.5. The number of alkyl halides is 1. The van der Waals surface area contributed by atoms with Crippen LogP contribution in [-0.4, -0.2) is 31.1 Å². The summed E-state index contributed by atoms with van der Waals surface area (Å²) in [5, 5.41) is 24.8. The average Bonchev–Trinajstić information content (AvgIpc) is 3.52. The molecule has 2 saturated carbocycles. The number of aliphatic hydroxyl groups is 1. The second-order valence-corrected chi connectivity index (χ2v) is 11.9. The highest BCUT2D eigenvalue weighted by Gasteiger charge is 2.49. The van der Waals surface area contributed by atoms with Gasteiger partial charge in [-0.3, -0.25) is 4.79 Å². The van der Waals surface area contributed by atoms with E-state index in [1.807, 2.05) is 39.0 Å². The number of nitrogens with zero attached hydrogens (tertiary/aromatic N) is 3. The molecule has 1 unspecified atom stereocenters. The Morgan fingerprint density at radius 1 is 1.22 bits per heavy atom. The molecule has 7 nitrogen and oxygen atoms in total. The van der Waals surface area contributed by atoms with Crippen molar-refractivity contribution >= 4 is 28.9 Å². The number of benzene rings is 1. The molecule has 9 heteroatoms. The Balaban J connectivity index is 1.37. The highest BCUT2D eigenvalue weighted by Crippen LogP contribution is 2.51. The van der Waals surface area contributed by atoms with Gasteiger partial charge in [-0.1, -0.05) is 19.9 Å². The quantitative estimate of drug-likeness (QED) is 0.349. The fraction of sp³-hybridized carbons (Fsp3) is 0.481. The normalized spacial score (nSPS) is 24.3. The number of halogens is 1. The number of carboxylic acids is 1. The van der Waals surface area contributed by atoms with E-state index < -0.39 is 29.1 Å². The molecule has 2 aliphatic carbocycles. The first-order chi connectivity index (χ1) is 17.0. The molecule has 0 radical (unpaired) electrons. The number of aromatic nitrogens is 3. The zero-order valence-electron chi connectivity index (χ0n) is 20.7. The van der Waals surface area contributed by atoms with E-state index in [0.29, 0.717) is 35.9 Å². The molecule has 0 saturated heterocycles. The molecule has 3 N–H and O–H groups in total. The van der Waals surface area contributed by atoms with E-state index in [1.54, 1.807) is 18.5 Å². The molecule has 5 rings (SSSR count). The lowest BCUT2D eigenvalue weighted by Gasteiger charge is -2.44. The first-order valence-electron chi connectivity index (χ1n) is 12.3. The number of anilines is 2. The van der Waals surface area contributed by atoms with E-state index >= 15 is 0 Å². The number of nitrogens with one attached hydrogen (secondary N) is 1. The van der Waals surface area contributed by atoms with Crippen molar-refractivity contribution in [2.45, 2.75) is 64.6 Å². The van der Waals surface area contributed by atoms with Gasteiger partial charge in [0.1, 0.15) is 16.8 Å². The van der Waals surface area contributed by atoms with Gasteiger partial charge in [-0.25, -0.2) is 19.3 Å². The summed E-state index contributed by atoms with van der Waals surface area (Å²) < 4.78 is 14.5. The maximum Gasteiger partial charge on any atom is 0.307 e. The summed E-state index contributed by atoms with van der Waals surface area (Å²) in [6.45, 7) is 5.79. The fourth-order valence-electron chi connectivity index (χ4n) is 5.35. The van der Waals surface area contributed by atoms with E-state index in [9.17, 15) is 19.4 Å². The second-order valence-electron chi connectivity index (χ2n) is 10.9. The number of hydrogen-bond acceptors (Lipinski definition) is 7. The highest BCUT2D eigenvalue weighted by molar-refractivity contribution is 7.15. The Kier molecular flexibility index (Phi) is 6.32. The molecule has 3 atom stereocenters. The number of rotatable bonds is 7. The lowest BCUT2D eigenvalue weighted by atomic mass is 9.63. The predicted molar refractivity (Wildman–Crippen MR) is 137 cm³/mol. The molecule has 0 spiro atoms. The van der Waals surface area contributed by atoms with Crippen molar-refractivity contribution in [3.05, 3.63) is 52.9 Å². The molecule has 2 aromatic heterocycles. The number of aryl methyl sites for hydroxylation is 1. The minimum Gasteiger partial charge on any atom is -0.481 e. The van der Waals surface area contributed by atoms with Crippen LogP contribution < -0.4 is 5.32 Å². The van der Waals surface area contributed by atoms with E-state index in [0.717, 1.165) is 34.5 Å². The van der Waals surface area contributed by atoms with Gasteiger partial charge < -0.3 is 15.5 Å². The van der Waals surface area contributed by atoms with Crippen LogP contribution in [0.1, 0.15) is 68.4 Å². The first kappa shape index (κ1) is 24.8. The Morgan fingerprint density at radius 2 is 2.00 bits per heavy atom. The SMILES string of the molecule is Cc1cc(Nc2nccc([C@H](F)C3CC3)n2)cc(-c2cnc([C@@]3(O)CCC(C(=O)O)C(C)(C)C3)s2)c1. The van der Waals surface area contributed by atoms with Gasteiger partial charge in [0.05, 0.1) is 16.5 Å². The third kappa shape index (κ3) is 4.99. The van der Waals surface area contributed by atoms with Crippen LogP contribution >= 0.6 is 11.3 Å². The van der Waals surface area contributed by atoms with Crippen molar-refractivity contribution in [3.8, 4) is 10.4 Å². The Hall–Kier alpha value is -2.91. The van der Waals surface area contributed by atoms with Crippen molar-refractivity contribution in [1.82, 2.24) is 15.0 Å². The largest absolute Gasteiger partial charge is 0.481 e. The van der Waals surface area contributed by atoms with Crippen molar-refractivity contribution in [3.63, 3.8) is 0 Å². The van der Waals surface area contributed by atoms with Gasteiger partial charge in [0.25, 0.3) is 0 Å². The van der Waals surface area contributed by atoms with Crippen LogP contribution in [0.2, 0.25) is 0 Å². The summed E-state index contributed by atoms with van der Waals surface area (Å²) in [6, 6.07) is 7.60. The van der Waals surface area contributed by atoms with Crippen LogP contribution in [0, 0.1) is 24.2 Å². The molecule has 0 bridgehead atoms. The van der Waals surface area contributed by atoms with E-state index in [-0.39, 0.29) is 5.92 Å². The summed E-state index contributed by atoms with van der Waals surface area (Å²) >= 11 is 1.42. The van der Waals surface area contributed by atoms with Crippen LogP contribution in [-0.2, 0) is 10.4 Å². The van der Waals surface area contributed by atoms with Gasteiger partial charge in [-0.2, -0.15) is 0 Å². The summed E-state index contributed by atoms with van der Waals surface area (Å²) in [6.07, 6.45) is 5.20. The summed E-state index contributed by atoms with van der Waals surface area (Å²) in [7, 11) is 0. The van der Waals surface area contributed by atoms with Gasteiger partial charge in [0.2, 0.25) is 5.95 Å². The number of hydrogen-bond donors (Lipinski definition) is 3. The maximum atomic E-state index is 14.5. The minimum atomic E-state index is -1.15.